The highest BCUT2D eigenvalue weighted by atomic mass is 32.1. The van der Waals surface area contributed by atoms with Gasteiger partial charge < -0.3 is 19.5 Å². The van der Waals surface area contributed by atoms with Crippen molar-refractivity contribution in [3.05, 3.63) is 48.0 Å². The summed E-state index contributed by atoms with van der Waals surface area (Å²) >= 11 is 5.06. The van der Waals surface area contributed by atoms with E-state index in [1.165, 1.54) is 44.6 Å². The second kappa shape index (κ2) is 8.95. The molecule has 0 saturated heterocycles. The van der Waals surface area contributed by atoms with Crippen molar-refractivity contribution in [3.63, 3.8) is 0 Å². The standard InChI is InChI=1S/C17H16F2N2O4S/c1-23-11-7-10(8-12(9-11)24-2)15(22)21-17(26)20-13-5-3-4-6-14(13)25-16(18)19/h3-9,16H,1-2H3,(H2,20,21,22,26). The highest BCUT2D eigenvalue weighted by molar-refractivity contribution is 7.80. The molecule has 0 atom stereocenters. The van der Waals surface area contributed by atoms with Crippen molar-refractivity contribution in [1.29, 1.82) is 0 Å². The van der Waals surface area contributed by atoms with Crippen LogP contribution >= 0.6 is 12.2 Å². The number of carbonyl (C=O) groups is 1. The predicted octanol–water partition coefficient (Wildman–Crippen LogP) is 3.43. The Morgan fingerprint density at radius 3 is 2.27 bits per heavy atom. The van der Waals surface area contributed by atoms with E-state index >= 15 is 0 Å². The number of thiocarbonyl (C=S) groups is 1. The Kier molecular flexibility index (Phi) is 6.67. The van der Waals surface area contributed by atoms with Crippen LogP contribution in [0, 0.1) is 0 Å². The van der Waals surface area contributed by atoms with Crippen LogP contribution in [0.4, 0.5) is 14.5 Å². The van der Waals surface area contributed by atoms with Gasteiger partial charge in [0.25, 0.3) is 5.91 Å². The first-order valence-corrected chi connectivity index (χ1v) is 7.73. The number of anilines is 1. The van der Waals surface area contributed by atoms with Crippen LogP contribution in [-0.2, 0) is 0 Å². The molecular formula is C17H16F2N2O4S. The van der Waals surface area contributed by atoms with Crippen molar-refractivity contribution >= 4 is 28.9 Å². The molecule has 2 N–H and O–H groups in total. The fourth-order valence-corrected chi connectivity index (χ4v) is 2.24. The molecule has 0 bridgehead atoms. The lowest BCUT2D eigenvalue weighted by Crippen LogP contribution is -2.34. The number of alkyl halides is 2. The van der Waals surface area contributed by atoms with Gasteiger partial charge in [-0.25, -0.2) is 0 Å². The Balaban J connectivity index is 2.10. The molecule has 2 rings (SSSR count). The number of amides is 1. The van der Waals surface area contributed by atoms with Gasteiger partial charge in [0.2, 0.25) is 0 Å². The summed E-state index contributed by atoms with van der Waals surface area (Å²) < 4.78 is 39.5. The Labute approximate surface area is 154 Å². The number of benzene rings is 2. The van der Waals surface area contributed by atoms with Crippen molar-refractivity contribution < 1.29 is 27.8 Å². The minimum absolute atomic E-state index is 0.0814. The molecule has 0 aromatic heterocycles. The topological polar surface area (TPSA) is 68.8 Å². The highest BCUT2D eigenvalue weighted by Crippen LogP contribution is 2.25. The lowest BCUT2D eigenvalue weighted by Gasteiger charge is -2.14. The largest absolute Gasteiger partial charge is 0.497 e. The zero-order valence-electron chi connectivity index (χ0n) is 13.9. The van der Waals surface area contributed by atoms with E-state index < -0.39 is 12.5 Å². The smallest absolute Gasteiger partial charge is 0.387 e. The van der Waals surface area contributed by atoms with Crippen LogP contribution in [0.3, 0.4) is 0 Å². The second-order valence-corrected chi connectivity index (χ2v) is 5.29. The van der Waals surface area contributed by atoms with Crippen LogP contribution < -0.4 is 24.8 Å². The van der Waals surface area contributed by atoms with Gasteiger partial charge in [0.1, 0.15) is 17.2 Å². The molecule has 26 heavy (non-hydrogen) atoms. The van der Waals surface area contributed by atoms with E-state index in [0.29, 0.717) is 11.5 Å². The minimum atomic E-state index is -2.98. The fourth-order valence-electron chi connectivity index (χ4n) is 2.04. The molecule has 2 aromatic carbocycles. The van der Waals surface area contributed by atoms with Crippen LogP contribution in [0.15, 0.2) is 42.5 Å². The van der Waals surface area contributed by atoms with E-state index in [4.69, 9.17) is 21.7 Å². The molecular weight excluding hydrogens is 366 g/mol. The molecule has 9 heteroatoms. The van der Waals surface area contributed by atoms with Gasteiger partial charge in [0.15, 0.2) is 5.11 Å². The maximum atomic E-state index is 12.4. The number of rotatable bonds is 6. The molecule has 0 aliphatic carbocycles. The number of hydrogen-bond donors (Lipinski definition) is 2. The number of ether oxygens (including phenoxy) is 3. The summed E-state index contributed by atoms with van der Waals surface area (Å²) in [7, 11) is 2.92. The van der Waals surface area contributed by atoms with Gasteiger partial charge in [-0.1, -0.05) is 12.1 Å². The highest BCUT2D eigenvalue weighted by Gasteiger charge is 2.14. The first kappa shape index (κ1) is 19.4. The Hall–Kier alpha value is -2.94. The molecule has 2 aromatic rings. The quantitative estimate of drug-likeness (QED) is 0.746. The van der Waals surface area contributed by atoms with Crippen LogP contribution in [-0.4, -0.2) is 31.9 Å². The lowest BCUT2D eigenvalue weighted by molar-refractivity contribution is -0.0493. The van der Waals surface area contributed by atoms with E-state index in [1.54, 1.807) is 12.1 Å². The average molecular weight is 382 g/mol. The van der Waals surface area contributed by atoms with Crippen molar-refractivity contribution in [2.75, 3.05) is 19.5 Å². The molecule has 0 saturated carbocycles. The zero-order valence-corrected chi connectivity index (χ0v) is 14.7. The lowest BCUT2D eigenvalue weighted by atomic mass is 10.2. The van der Waals surface area contributed by atoms with Crippen LogP contribution in [0.1, 0.15) is 10.4 Å². The van der Waals surface area contributed by atoms with Gasteiger partial charge in [-0.15, -0.1) is 0 Å². The molecule has 0 spiro atoms. The summed E-state index contributed by atoms with van der Waals surface area (Å²) in [6.45, 7) is -2.98. The summed E-state index contributed by atoms with van der Waals surface area (Å²) in [5.74, 6) is 0.252. The van der Waals surface area contributed by atoms with Crippen LogP contribution in [0.5, 0.6) is 17.2 Å². The van der Waals surface area contributed by atoms with Crippen LogP contribution in [0.25, 0.3) is 0 Å². The number of nitrogens with one attached hydrogen (secondary N) is 2. The first-order valence-electron chi connectivity index (χ1n) is 7.32. The molecule has 0 unspecified atom stereocenters. The van der Waals surface area contributed by atoms with Gasteiger partial charge >= 0.3 is 6.61 Å². The Bertz CT molecular complexity index is 780. The van der Waals surface area contributed by atoms with Crippen LogP contribution in [0.2, 0.25) is 0 Å². The summed E-state index contributed by atoms with van der Waals surface area (Å²) in [4.78, 5) is 12.3. The molecule has 0 radical (unpaired) electrons. The normalized spacial score (nSPS) is 10.2. The third kappa shape index (κ3) is 5.28. The van der Waals surface area contributed by atoms with E-state index in [9.17, 15) is 13.6 Å². The summed E-state index contributed by atoms with van der Waals surface area (Å²) in [6.07, 6.45) is 0. The van der Waals surface area contributed by atoms with E-state index in [0.717, 1.165) is 0 Å². The van der Waals surface area contributed by atoms with Crippen molar-refractivity contribution in [3.8, 4) is 17.2 Å². The SMILES string of the molecule is COc1cc(OC)cc(C(=O)NC(=S)Nc2ccccc2OC(F)F)c1. The molecule has 0 fully saturated rings. The molecule has 0 heterocycles. The number of halogens is 2. The van der Waals surface area contributed by atoms with Gasteiger partial charge in [0.05, 0.1) is 19.9 Å². The van der Waals surface area contributed by atoms with Gasteiger partial charge in [-0.2, -0.15) is 8.78 Å². The summed E-state index contributed by atoms with van der Waals surface area (Å²) in [5, 5.41) is 5.03. The molecule has 1 amide bonds. The molecule has 6 nitrogen and oxygen atoms in total. The van der Waals surface area contributed by atoms with Crippen molar-refractivity contribution in [2.45, 2.75) is 6.61 Å². The summed E-state index contributed by atoms with van der Waals surface area (Å²) in [6, 6.07) is 10.6. The fraction of sp³-hybridized carbons (Fsp3) is 0.176. The number of methoxy groups -OCH3 is 2. The predicted molar refractivity (Wildman–Crippen MR) is 96.3 cm³/mol. The molecule has 0 aliphatic rings. The maximum absolute atomic E-state index is 12.4. The molecule has 0 aliphatic heterocycles. The number of carbonyl (C=O) groups excluding carboxylic acids is 1. The van der Waals surface area contributed by atoms with Gasteiger partial charge in [-0.05, 0) is 36.5 Å². The number of para-hydroxylation sites is 2. The van der Waals surface area contributed by atoms with E-state index in [2.05, 4.69) is 15.4 Å². The number of hydrogen-bond acceptors (Lipinski definition) is 5. The minimum Gasteiger partial charge on any atom is -0.497 e. The first-order chi connectivity index (χ1) is 12.4. The van der Waals surface area contributed by atoms with Crippen molar-refractivity contribution in [1.82, 2.24) is 5.32 Å². The van der Waals surface area contributed by atoms with Gasteiger partial charge in [-0.3, -0.25) is 10.1 Å². The van der Waals surface area contributed by atoms with E-state index in [-0.39, 0.29) is 22.1 Å². The van der Waals surface area contributed by atoms with Gasteiger partial charge in [0, 0.05) is 11.6 Å². The second-order valence-electron chi connectivity index (χ2n) is 4.88. The summed E-state index contributed by atoms with van der Waals surface area (Å²) in [5.41, 5.74) is 0.448. The van der Waals surface area contributed by atoms with E-state index in [1.807, 2.05) is 0 Å². The zero-order chi connectivity index (χ0) is 19.1. The third-order valence-electron chi connectivity index (χ3n) is 3.19. The maximum Gasteiger partial charge on any atom is 0.387 e. The Morgan fingerprint density at radius 2 is 1.69 bits per heavy atom. The average Bonchev–Trinajstić information content (AvgIpc) is 2.62. The Morgan fingerprint density at radius 1 is 1.08 bits per heavy atom. The third-order valence-corrected chi connectivity index (χ3v) is 3.40. The monoisotopic (exact) mass is 382 g/mol. The van der Waals surface area contributed by atoms with Crippen molar-refractivity contribution in [2.24, 2.45) is 0 Å². The molecule has 138 valence electrons.